The molecule has 1 saturated heterocycles. The number of piperidine rings is 1. The first-order valence-electron chi connectivity index (χ1n) is 6.48. The van der Waals surface area contributed by atoms with Gasteiger partial charge in [-0.2, -0.15) is 0 Å². The van der Waals surface area contributed by atoms with E-state index < -0.39 is 12.0 Å². The Morgan fingerprint density at radius 1 is 1.30 bits per heavy atom. The molecule has 0 aliphatic carbocycles. The second kappa shape index (κ2) is 6.92. The fourth-order valence-corrected chi connectivity index (χ4v) is 2.61. The van der Waals surface area contributed by atoms with Crippen LogP contribution in [0.25, 0.3) is 0 Å². The van der Waals surface area contributed by atoms with Crippen molar-refractivity contribution in [1.82, 2.24) is 4.90 Å². The van der Waals surface area contributed by atoms with Crippen molar-refractivity contribution in [3.05, 3.63) is 27.8 Å². The summed E-state index contributed by atoms with van der Waals surface area (Å²) in [5.74, 6) is -0.592. The summed E-state index contributed by atoms with van der Waals surface area (Å²) in [5, 5.41) is 9.14. The molecule has 5 nitrogen and oxygen atoms in total. The summed E-state index contributed by atoms with van der Waals surface area (Å²) in [6, 6.07) is 6.65. The molecule has 1 aromatic rings. The number of amides is 1. The third-order valence-electron chi connectivity index (χ3n) is 3.28. The molecule has 1 unspecified atom stereocenters. The molecular formula is C14H16INO4. The highest BCUT2D eigenvalue weighted by atomic mass is 127. The number of aliphatic carboxylic acids is 1. The number of carbonyl (C=O) groups is 2. The summed E-state index contributed by atoms with van der Waals surface area (Å²) < 4.78 is 6.50. The third kappa shape index (κ3) is 3.84. The van der Waals surface area contributed by atoms with Gasteiger partial charge in [0.15, 0.2) is 6.61 Å². The lowest BCUT2D eigenvalue weighted by atomic mass is 10.0. The van der Waals surface area contributed by atoms with E-state index in [0.29, 0.717) is 18.7 Å². The SMILES string of the molecule is O=C(O)C1CCCCN1C(=O)COc1ccc(I)cc1. The highest BCUT2D eigenvalue weighted by molar-refractivity contribution is 14.1. The minimum Gasteiger partial charge on any atom is -0.484 e. The summed E-state index contributed by atoms with van der Waals surface area (Å²) in [6.07, 6.45) is 2.21. The number of carbonyl (C=O) groups excluding carboxylic acids is 1. The molecule has 6 heteroatoms. The molecule has 1 amide bonds. The van der Waals surface area contributed by atoms with Gasteiger partial charge in [-0.1, -0.05) is 0 Å². The Hall–Kier alpha value is -1.31. The Balaban J connectivity index is 1.93. The summed E-state index contributed by atoms with van der Waals surface area (Å²) in [4.78, 5) is 24.6. The number of carboxylic acids is 1. The van der Waals surface area contributed by atoms with Crippen LogP contribution in [0.3, 0.4) is 0 Å². The predicted octanol–water partition coefficient (Wildman–Crippen LogP) is 2.14. The molecule has 2 rings (SSSR count). The quantitative estimate of drug-likeness (QED) is 0.802. The standard InChI is InChI=1S/C14H16INO4/c15-10-4-6-11(7-5-10)20-9-13(17)16-8-2-1-3-12(16)14(18)19/h4-7,12H,1-3,8-9H2,(H,18,19). The minimum absolute atomic E-state index is 0.121. The lowest BCUT2D eigenvalue weighted by molar-refractivity contribution is -0.152. The normalized spacial score (nSPS) is 18.6. The number of carboxylic acid groups (broad SMARTS) is 1. The first-order valence-corrected chi connectivity index (χ1v) is 7.56. The lowest BCUT2D eigenvalue weighted by Gasteiger charge is -2.32. The van der Waals surface area contributed by atoms with Crippen LogP contribution >= 0.6 is 22.6 Å². The van der Waals surface area contributed by atoms with E-state index in [2.05, 4.69) is 22.6 Å². The maximum atomic E-state index is 12.1. The number of likely N-dealkylation sites (tertiary alicyclic amines) is 1. The van der Waals surface area contributed by atoms with E-state index in [0.717, 1.165) is 16.4 Å². The maximum Gasteiger partial charge on any atom is 0.326 e. The summed E-state index contributed by atoms with van der Waals surface area (Å²) >= 11 is 2.19. The molecule has 0 saturated carbocycles. The largest absolute Gasteiger partial charge is 0.484 e. The molecule has 0 bridgehead atoms. The van der Waals surface area contributed by atoms with Gasteiger partial charge in [0.25, 0.3) is 5.91 Å². The lowest BCUT2D eigenvalue weighted by Crippen LogP contribution is -2.49. The van der Waals surface area contributed by atoms with E-state index >= 15 is 0 Å². The van der Waals surface area contributed by atoms with Gasteiger partial charge in [0.1, 0.15) is 11.8 Å². The van der Waals surface area contributed by atoms with Crippen molar-refractivity contribution in [2.45, 2.75) is 25.3 Å². The number of hydrogen-bond donors (Lipinski definition) is 1. The topological polar surface area (TPSA) is 66.8 Å². The van der Waals surface area contributed by atoms with Gasteiger partial charge in [0, 0.05) is 10.1 Å². The van der Waals surface area contributed by atoms with Crippen molar-refractivity contribution >= 4 is 34.5 Å². The minimum atomic E-state index is -0.938. The number of rotatable bonds is 4. The first-order chi connectivity index (χ1) is 9.58. The van der Waals surface area contributed by atoms with Gasteiger partial charge in [0.2, 0.25) is 0 Å². The van der Waals surface area contributed by atoms with Crippen LogP contribution in [0, 0.1) is 3.57 Å². The highest BCUT2D eigenvalue weighted by Crippen LogP contribution is 2.18. The molecule has 0 aromatic heterocycles. The molecule has 1 aliphatic rings. The van der Waals surface area contributed by atoms with Gasteiger partial charge in [-0.15, -0.1) is 0 Å². The number of nitrogens with zero attached hydrogens (tertiary/aromatic N) is 1. The van der Waals surface area contributed by atoms with Crippen molar-refractivity contribution in [2.24, 2.45) is 0 Å². The Morgan fingerprint density at radius 2 is 2.00 bits per heavy atom. The van der Waals surface area contributed by atoms with Gasteiger partial charge in [-0.05, 0) is 66.1 Å². The molecule has 1 fully saturated rings. The summed E-state index contributed by atoms with van der Waals surface area (Å²) in [6.45, 7) is 0.371. The zero-order valence-corrected chi connectivity index (χ0v) is 13.1. The molecule has 1 aliphatic heterocycles. The predicted molar refractivity (Wildman–Crippen MR) is 81.6 cm³/mol. The van der Waals surface area contributed by atoms with E-state index in [9.17, 15) is 9.59 Å². The molecular weight excluding hydrogens is 373 g/mol. The van der Waals surface area contributed by atoms with Crippen LogP contribution in [0.15, 0.2) is 24.3 Å². The van der Waals surface area contributed by atoms with Crippen LogP contribution in [-0.4, -0.2) is 41.1 Å². The zero-order chi connectivity index (χ0) is 14.5. The average molecular weight is 389 g/mol. The van der Waals surface area contributed by atoms with Gasteiger partial charge < -0.3 is 14.7 Å². The number of halogens is 1. The molecule has 1 atom stereocenters. The molecule has 1 aromatic carbocycles. The Bertz CT molecular complexity index is 488. The molecule has 1 heterocycles. The molecule has 0 radical (unpaired) electrons. The van der Waals surface area contributed by atoms with Gasteiger partial charge in [-0.25, -0.2) is 4.79 Å². The molecule has 20 heavy (non-hydrogen) atoms. The number of benzene rings is 1. The fraction of sp³-hybridized carbons (Fsp3) is 0.429. The third-order valence-corrected chi connectivity index (χ3v) is 4.00. The van der Waals surface area contributed by atoms with Gasteiger partial charge in [0.05, 0.1) is 0 Å². The first kappa shape index (κ1) is 15.1. The van der Waals surface area contributed by atoms with Crippen molar-refractivity contribution in [3.8, 4) is 5.75 Å². The van der Waals surface area contributed by atoms with E-state index in [1.807, 2.05) is 12.1 Å². The zero-order valence-electron chi connectivity index (χ0n) is 10.9. The number of ether oxygens (including phenoxy) is 1. The summed E-state index contributed by atoms with van der Waals surface area (Å²) in [7, 11) is 0. The number of hydrogen-bond acceptors (Lipinski definition) is 3. The van der Waals surface area contributed by atoms with Crippen molar-refractivity contribution in [1.29, 1.82) is 0 Å². The van der Waals surface area contributed by atoms with Crippen molar-refractivity contribution < 1.29 is 19.4 Å². The average Bonchev–Trinajstić information content (AvgIpc) is 2.46. The Morgan fingerprint density at radius 3 is 2.65 bits per heavy atom. The molecule has 108 valence electrons. The smallest absolute Gasteiger partial charge is 0.326 e. The second-order valence-corrected chi connectivity index (χ2v) is 5.93. The van der Waals surface area contributed by atoms with Crippen LogP contribution in [-0.2, 0) is 9.59 Å². The fourth-order valence-electron chi connectivity index (χ4n) is 2.25. The van der Waals surface area contributed by atoms with Crippen LogP contribution in [0.2, 0.25) is 0 Å². The van der Waals surface area contributed by atoms with E-state index in [1.165, 1.54) is 4.90 Å². The Kier molecular flexibility index (Phi) is 5.22. The van der Waals surface area contributed by atoms with E-state index in [4.69, 9.17) is 9.84 Å². The summed E-state index contributed by atoms with van der Waals surface area (Å²) in [5.41, 5.74) is 0. The van der Waals surface area contributed by atoms with Crippen LogP contribution in [0.5, 0.6) is 5.75 Å². The second-order valence-electron chi connectivity index (χ2n) is 4.68. The van der Waals surface area contributed by atoms with E-state index in [-0.39, 0.29) is 12.5 Å². The maximum absolute atomic E-state index is 12.1. The Labute approximate surface area is 131 Å². The molecule has 0 spiro atoms. The van der Waals surface area contributed by atoms with Crippen molar-refractivity contribution in [2.75, 3.05) is 13.2 Å². The molecule has 1 N–H and O–H groups in total. The van der Waals surface area contributed by atoms with Gasteiger partial charge in [-0.3, -0.25) is 4.79 Å². The van der Waals surface area contributed by atoms with Crippen LogP contribution in [0.1, 0.15) is 19.3 Å². The monoisotopic (exact) mass is 389 g/mol. The van der Waals surface area contributed by atoms with Crippen LogP contribution < -0.4 is 4.74 Å². The van der Waals surface area contributed by atoms with Gasteiger partial charge >= 0.3 is 5.97 Å². The van der Waals surface area contributed by atoms with Crippen molar-refractivity contribution in [3.63, 3.8) is 0 Å². The highest BCUT2D eigenvalue weighted by Gasteiger charge is 2.31. The van der Waals surface area contributed by atoms with Crippen LogP contribution in [0.4, 0.5) is 0 Å². The van der Waals surface area contributed by atoms with E-state index in [1.54, 1.807) is 12.1 Å².